The van der Waals surface area contributed by atoms with Crippen molar-refractivity contribution in [2.75, 3.05) is 46.0 Å². The predicted molar refractivity (Wildman–Crippen MR) is 180 cm³/mol. The first-order valence-electron chi connectivity index (χ1n) is 15.4. The van der Waals surface area contributed by atoms with Crippen LogP contribution < -0.4 is 4.74 Å². The zero-order valence-corrected chi connectivity index (χ0v) is 26.9. The van der Waals surface area contributed by atoms with E-state index < -0.39 is 5.97 Å². The minimum atomic E-state index is -0.456. The van der Waals surface area contributed by atoms with E-state index in [0.717, 1.165) is 29.8 Å². The molecule has 1 unspecified atom stereocenters. The highest BCUT2D eigenvalue weighted by atomic mass is 35.5. The van der Waals surface area contributed by atoms with E-state index in [1.807, 2.05) is 78.6 Å². The van der Waals surface area contributed by atoms with Crippen LogP contribution in [0, 0.1) is 0 Å². The fraction of sp³-hybridized carbons (Fsp3) is 0.270. The number of carbonyl (C=O) groups is 2. The van der Waals surface area contributed by atoms with Gasteiger partial charge in [-0.25, -0.2) is 4.79 Å². The molecule has 0 bridgehead atoms. The van der Waals surface area contributed by atoms with Crippen LogP contribution in [0.5, 0.6) is 5.75 Å². The zero-order valence-electron chi connectivity index (χ0n) is 26.1. The number of rotatable bonds is 12. The minimum absolute atomic E-state index is 0.0247. The first kappa shape index (κ1) is 32.7. The van der Waals surface area contributed by atoms with Gasteiger partial charge in [0, 0.05) is 31.2 Å². The maximum Gasteiger partial charge on any atom is 0.347 e. The number of hydrogen-bond donors (Lipinski definition) is 0. The van der Waals surface area contributed by atoms with Crippen LogP contribution in [0.4, 0.5) is 0 Å². The number of hydrogen-bond acceptors (Lipinski definition) is 7. The molecule has 46 heavy (non-hydrogen) atoms. The summed E-state index contributed by atoms with van der Waals surface area (Å²) >= 11 is 6.17. The number of ether oxygens (including phenoxy) is 2. The molecule has 4 aromatic rings. The van der Waals surface area contributed by atoms with Gasteiger partial charge in [-0.15, -0.1) is 0 Å². The standard InChI is InChI=1S/C37H38ClN3O5/c1-3-44-36(43)26-46-39-27(2)28-12-14-29(15-13-28)32-10-7-11-34(24-32)45-25-35(42)40-20-22-41(23-21-40)37(30-8-5-4-6-9-30)31-16-18-33(38)19-17-31/h4-19,24,37H,3,20-23,25-26H2,1-2H3. The molecule has 8 nitrogen and oxygen atoms in total. The molecule has 0 N–H and O–H groups in total. The van der Waals surface area contributed by atoms with Crippen molar-refractivity contribution >= 4 is 29.2 Å². The normalized spacial score (nSPS) is 14.4. The summed E-state index contributed by atoms with van der Waals surface area (Å²) in [6.07, 6.45) is 0. The summed E-state index contributed by atoms with van der Waals surface area (Å²) in [7, 11) is 0. The highest BCUT2D eigenvalue weighted by Gasteiger charge is 2.28. The van der Waals surface area contributed by atoms with E-state index in [9.17, 15) is 9.59 Å². The van der Waals surface area contributed by atoms with E-state index in [0.29, 0.717) is 36.2 Å². The molecular formula is C37H38ClN3O5. The highest BCUT2D eigenvalue weighted by molar-refractivity contribution is 6.30. The molecule has 1 aliphatic rings. The number of benzene rings is 4. The lowest BCUT2D eigenvalue weighted by molar-refractivity contribution is -0.148. The third kappa shape index (κ3) is 8.74. The molecule has 1 amide bonds. The van der Waals surface area contributed by atoms with Crippen LogP contribution in [0.1, 0.15) is 36.6 Å². The van der Waals surface area contributed by atoms with Crippen LogP contribution >= 0.6 is 11.6 Å². The number of halogens is 1. The van der Waals surface area contributed by atoms with E-state index in [1.54, 1.807) is 6.92 Å². The maximum absolute atomic E-state index is 13.1. The molecule has 0 spiro atoms. The zero-order chi connectivity index (χ0) is 32.3. The maximum atomic E-state index is 13.1. The predicted octanol–water partition coefficient (Wildman–Crippen LogP) is 6.62. The molecule has 1 aliphatic heterocycles. The van der Waals surface area contributed by atoms with Crippen LogP contribution in [0.15, 0.2) is 108 Å². The average molecular weight is 640 g/mol. The summed E-state index contributed by atoms with van der Waals surface area (Å²) in [6, 6.07) is 34.1. The topological polar surface area (TPSA) is 80.7 Å². The van der Waals surface area contributed by atoms with Crippen molar-refractivity contribution in [2.45, 2.75) is 19.9 Å². The van der Waals surface area contributed by atoms with Crippen LogP contribution in [0.2, 0.25) is 5.02 Å². The van der Waals surface area contributed by atoms with Crippen LogP contribution in [0.3, 0.4) is 0 Å². The average Bonchev–Trinajstić information content (AvgIpc) is 3.09. The Bertz CT molecular complexity index is 1620. The summed E-state index contributed by atoms with van der Waals surface area (Å²) in [6.45, 7) is 6.36. The number of nitrogens with zero attached hydrogens (tertiary/aromatic N) is 3. The Morgan fingerprint density at radius 2 is 1.50 bits per heavy atom. The molecule has 238 valence electrons. The fourth-order valence-corrected chi connectivity index (χ4v) is 5.59. The van der Waals surface area contributed by atoms with Gasteiger partial charge < -0.3 is 19.2 Å². The van der Waals surface area contributed by atoms with E-state index in [-0.39, 0.29) is 25.2 Å². The molecule has 5 rings (SSSR count). The number of esters is 1. The van der Waals surface area contributed by atoms with Gasteiger partial charge in [0.15, 0.2) is 6.61 Å². The van der Waals surface area contributed by atoms with Gasteiger partial charge >= 0.3 is 5.97 Å². The number of piperazine rings is 1. The largest absolute Gasteiger partial charge is 0.484 e. The lowest BCUT2D eigenvalue weighted by Crippen LogP contribution is -2.51. The summed E-state index contributed by atoms with van der Waals surface area (Å²) < 4.78 is 10.8. The first-order chi connectivity index (χ1) is 22.4. The molecule has 4 aromatic carbocycles. The van der Waals surface area contributed by atoms with Gasteiger partial charge in [0.25, 0.3) is 5.91 Å². The summed E-state index contributed by atoms with van der Waals surface area (Å²) in [5.41, 5.74) is 5.86. The molecule has 0 radical (unpaired) electrons. The van der Waals surface area contributed by atoms with Gasteiger partial charge in [0.1, 0.15) is 5.75 Å². The van der Waals surface area contributed by atoms with Gasteiger partial charge in [-0.1, -0.05) is 95.6 Å². The van der Waals surface area contributed by atoms with Gasteiger partial charge in [-0.3, -0.25) is 9.69 Å². The van der Waals surface area contributed by atoms with Crippen molar-refractivity contribution in [3.63, 3.8) is 0 Å². The molecule has 9 heteroatoms. The Balaban J connectivity index is 1.14. The van der Waals surface area contributed by atoms with Crippen molar-refractivity contribution in [1.82, 2.24) is 9.80 Å². The van der Waals surface area contributed by atoms with E-state index in [1.165, 1.54) is 11.1 Å². The van der Waals surface area contributed by atoms with Crippen molar-refractivity contribution in [1.29, 1.82) is 0 Å². The number of carbonyl (C=O) groups excluding carboxylic acids is 2. The Hall–Kier alpha value is -4.66. The molecule has 1 saturated heterocycles. The Labute approximate surface area is 275 Å². The SMILES string of the molecule is CCOC(=O)CON=C(C)c1ccc(-c2cccc(OCC(=O)N3CCN(C(c4ccccc4)c4ccc(Cl)cc4)CC3)c2)cc1. The molecular weight excluding hydrogens is 602 g/mol. The minimum Gasteiger partial charge on any atom is -0.484 e. The summed E-state index contributed by atoms with van der Waals surface area (Å²) in [5, 5.41) is 4.72. The van der Waals surface area contributed by atoms with Crippen molar-refractivity contribution < 1.29 is 23.9 Å². The van der Waals surface area contributed by atoms with Crippen LogP contribution in [-0.2, 0) is 19.2 Å². The number of amides is 1. The van der Waals surface area contributed by atoms with Gasteiger partial charge in [-0.2, -0.15) is 0 Å². The molecule has 0 aliphatic carbocycles. The van der Waals surface area contributed by atoms with Gasteiger partial charge in [-0.05, 0) is 65.9 Å². The second-order valence-electron chi connectivity index (χ2n) is 10.9. The lowest BCUT2D eigenvalue weighted by Gasteiger charge is -2.39. The third-order valence-electron chi connectivity index (χ3n) is 7.85. The van der Waals surface area contributed by atoms with Crippen LogP contribution in [-0.4, -0.2) is 73.4 Å². The second kappa shape index (κ2) is 16.1. The fourth-order valence-electron chi connectivity index (χ4n) is 5.47. The van der Waals surface area contributed by atoms with E-state index >= 15 is 0 Å². The quantitative estimate of drug-likeness (QED) is 0.0984. The van der Waals surface area contributed by atoms with E-state index in [2.05, 4.69) is 46.5 Å². The molecule has 1 fully saturated rings. The van der Waals surface area contributed by atoms with Crippen molar-refractivity contribution in [2.24, 2.45) is 5.16 Å². The third-order valence-corrected chi connectivity index (χ3v) is 8.11. The van der Waals surface area contributed by atoms with E-state index in [4.69, 9.17) is 25.9 Å². The highest BCUT2D eigenvalue weighted by Crippen LogP contribution is 2.30. The number of oxime groups is 1. The second-order valence-corrected chi connectivity index (χ2v) is 11.4. The summed E-state index contributed by atoms with van der Waals surface area (Å²) in [4.78, 5) is 34.0. The Kier molecular flexibility index (Phi) is 11.4. The molecule has 1 atom stereocenters. The van der Waals surface area contributed by atoms with Gasteiger partial charge in [0.2, 0.25) is 6.61 Å². The van der Waals surface area contributed by atoms with Crippen molar-refractivity contribution in [3.05, 3.63) is 125 Å². The summed E-state index contributed by atoms with van der Waals surface area (Å²) in [5.74, 6) is 0.144. The molecule has 0 saturated carbocycles. The lowest BCUT2D eigenvalue weighted by atomic mass is 9.96. The van der Waals surface area contributed by atoms with Crippen molar-refractivity contribution in [3.8, 4) is 16.9 Å². The Morgan fingerprint density at radius 3 is 2.20 bits per heavy atom. The van der Waals surface area contributed by atoms with Crippen LogP contribution in [0.25, 0.3) is 11.1 Å². The Morgan fingerprint density at radius 1 is 0.804 bits per heavy atom. The molecule has 0 aromatic heterocycles. The monoisotopic (exact) mass is 639 g/mol. The smallest absolute Gasteiger partial charge is 0.347 e. The first-order valence-corrected chi connectivity index (χ1v) is 15.8. The van der Waals surface area contributed by atoms with Gasteiger partial charge in [0.05, 0.1) is 18.4 Å². The molecule has 1 heterocycles.